The van der Waals surface area contributed by atoms with Crippen LogP contribution in [0.2, 0.25) is 0 Å². The molecule has 0 bridgehead atoms. The second-order valence-electron chi connectivity index (χ2n) is 1.76. The molecule has 2 nitrogen and oxygen atoms in total. The van der Waals surface area contributed by atoms with Gasteiger partial charge in [0, 0.05) is 11.6 Å². The van der Waals surface area contributed by atoms with Gasteiger partial charge in [-0.1, -0.05) is 12.2 Å². The zero-order valence-electron chi connectivity index (χ0n) is 5.57. The van der Waals surface area contributed by atoms with E-state index in [0.29, 0.717) is 11.5 Å². The molecule has 4 heteroatoms. The summed E-state index contributed by atoms with van der Waals surface area (Å²) in [6.45, 7) is 2.44. The molecule has 0 aromatic carbocycles. The quantitative estimate of drug-likeness (QED) is 0.632. The molecule has 0 aliphatic rings. The van der Waals surface area contributed by atoms with Crippen molar-refractivity contribution in [2.24, 2.45) is 0 Å². The summed E-state index contributed by atoms with van der Waals surface area (Å²) in [6.07, 6.45) is 1.77. The molecule has 0 aliphatic carbocycles. The molecular weight excluding hydrogens is 164 g/mol. The molecule has 0 unspecified atom stereocenters. The number of nitrogens with zero attached hydrogens (tertiary/aromatic N) is 2. The predicted octanol–water partition coefficient (Wildman–Crippen LogP) is 1.59. The molecule has 10 heavy (non-hydrogen) atoms. The lowest BCUT2D eigenvalue weighted by molar-refractivity contribution is 0.894. The summed E-state index contributed by atoms with van der Waals surface area (Å²) in [5, 5.41) is 7.00. The molecule has 1 aromatic rings. The lowest BCUT2D eigenvalue weighted by Gasteiger charge is -1.93. The van der Waals surface area contributed by atoms with Gasteiger partial charge in [-0.05, 0) is 6.92 Å². The van der Waals surface area contributed by atoms with Gasteiger partial charge in [0.2, 0.25) is 0 Å². The molecule has 0 saturated carbocycles. The molecule has 0 spiro atoms. The maximum atomic E-state index is 4.78. The summed E-state index contributed by atoms with van der Waals surface area (Å²) in [4.78, 5) is 4.74. The number of aromatic nitrogens is 1. The molecule has 0 atom stereocenters. The largest absolute Gasteiger partial charge is 0.271 e. The first-order chi connectivity index (χ1) is 4.79. The summed E-state index contributed by atoms with van der Waals surface area (Å²) in [5.74, 6) is 0. The zero-order valence-corrected chi connectivity index (χ0v) is 7.21. The maximum Gasteiger partial charge on any atom is 0.114 e. The van der Waals surface area contributed by atoms with Gasteiger partial charge in [-0.3, -0.25) is 5.32 Å². The molecule has 0 fully saturated rings. The summed E-state index contributed by atoms with van der Waals surface area (Å²) in [5.41, 5.74) is 0. The second-order valence-corrected chi connectivity index (χ2v) is 3.33. The highest BCUT2D eigenvalue weighted by molar-refractivity contribution is 7.80. The summed E-state index contributed by atoms with van der Waals surface area (Å²) < 4.78 is 0. The SMILES string of the molecule is CC(=S)[N]Cc1nccs1. The van der Waals surface area contributed by atoms with E-state index in [0.717, 1.165) is 5.01 Å². The molecule has 0 aliphatic heterocycles. The van der Waals surface area contributed by atoms with Gasteiger partial charge in [-0.25, -0.2) is 4.98 Å². The standard InChI is InChI=1S/C6H7N2S2/c1-5(9)8-4-6-7-2-3-10-6/h2-3H,4H2,1H3. The molecule has 1 heterocycles. The van der Waals surface area contributed by atoms with Crippen molar-refractivity contribution in [3.05, 3.63) is 16.6 Å². The van der Waals surface area contributed by atoms with E-state index in [1.807, 2.05) is 12.3 Å². The van der Waals surface area contributed by atoms with Crippen LogP contribution in [0.15, 0.2) is 11.6 Å². The first kappa shape index (κ1) is 7.63. The Hall–Kier alpha value is -0.480. The predicted molar refractivity (Wildman–Crippen MR) is 46.2 cm³/mol. The fourth-order valence-electron chi connectivity index (χ4n) is 0.510. The minimum Gasteiger partial charge on any atom is -0.271 e. The van der Waals surface area contributed by atoms with Gasteiger partial charge in [0.25, 0.3) is 0 Å². The topological polar surface area (TPSA) is 27.0 Å². The van der Waals surface area contributed by atoms with E-state index in [1.54, 1.807) is 17.5 Å². The van der Waals surface area contributed by atoms with Crippen molar-refractivity contribution in [2.45, 2.75) is 13.5 Å². The van der Waals surface area contributed by atoms with Crippen molar-refractivity contribution < 1.29 is 0 Å². The first-order valence-corrected chi connectivity index (χ1v) is 4.14. The number of hydrogen-bond acceptors (Lipinski definition) is 3. The van der Waals surface area contributed by atoms with E-state index in [-0.39, 0.29) is 0 Å². The van der Waals surface area contributed by atoms with Gasteiger partial charge < -0.3 is 0 Å². The van der Waals surface area contributed by atoms with Crippen molar-refractivity contribution >= 4 is 28.5 Å². The Morgan fingerprint density at radius 1 is 1.90 bits per heavy atom. The molecule has 0 N–H and O–H groups in total. The molecular formula is C6H7N2S2. The van der Waals surface area contributed by atoms with Crippen LogP contribution in [0.3, 0.4) is 0 Å². The van der Waals surface area contributed by atoms with Crippen molar-refractivity contribution in [3.63, 3.8) is 0 Å². The molecule has 1 aromatic heterocycles. The minimum absolute atomic E-state index is 0.632. The summed E-state index contributed by atoms with van der Waals surface area (Å²) >= 11 is 6.38. The van der Waals surface area contributed by atoms with Crippen LogP contribution in [0.1, 0.15) is 11.9 Å². The first-order valence-electron chi connectivity index (χ1n) is 2.85. The minimum atomic E-state index is 0.632. The van der Waals surface area contributed by atoms with Crippen molar-refractivity contribution in [2.75, 3.05) is 0 Å². The third-order valence-electron chi connectivity index (χ3n) is 0.920. The number of thiocarbonyl (C=S) groups is 1. The Morgan fingerprint density at radius 2 is 2.70 bits per heavy atom. The zero-order chi connectivity index (χ0) is 7.40. The van der Waals surface area contributed by atoms with E-state index >= 15 is 0 Å². The van der Waals surface area contributed by atoms with Gasteiger partial charge in [0.1, 0.15) is 5.01 Å². The smallest absolute Gasteiger partial charge is 0.114 e. The molecule has 1 rings (SSSR count). The van der Waals surface area contributed by atoms with E-state index in [1.165, 1.54) is 0 Å². The van der Waals surface area contributed by atoms with Crippen LogP contribution < -0.4 is 5.32 Å². The van der Waals surface area contributed by atoms with Crippen LogP contribution in [-0.2, 0) is 6.54 Å². The average molecular weight is 171 g/mol. The highest BCUT2D eigenvalue weighted by Crippen LogP contribution is 2.02. The Balaban J connectivity index is 2.35. The van der Waals surface area contributed by atoms with Crippen molar-refractivity contribution in [1.29, 1.82) is 0 Å². The summed E-state index contributed by atoms with van der Waals surface area (Å²) in [6, 6.07) is 0. The Labute approximate surface area is 69.3 Å². The van der Waals surface area contributed by atoms with Crippen LogP contribution in [0.5, 0.6) is 0 Å². The Kier molecular flexibility index (Phi) is 2.77. The number of hydrogen-bond donors (Lipinski definition) is 0. The number of rotatable bonds is 2. The van der Waals surface area contributed by atoms with E-state index in [9.17, 15) is 0 Å². The third-order valence-corrected chi connectivity index (χ3v) is 1.81. The Bertz CT molecular complexity index is 206. The molecule has 0 amide bonds. The lowest BCUT2D eigenvalue weighted by Crippen LogP contribution is -2.07. The van der Waals surface area contributed by atoms with Gasteiger partial charge in [-0.15, -0.1) is 11.3 Å². The average Bonchev–Trinajstić information content (AvgIpc) is 2.34. The van der Waals surface area contributed by atoms with Crippen LogP contribution in [0.25, 0.3) is 0 Å². The maximum absolute atomic E-state index is 4.78. The van der Waals surface area contributed by atoms with Gasteiger partial charge in [0.15, 0.2) is 0 Å². The van der Waals surface area contributed by atoms with Crippen LogP contribution in [0.4, 0.5) is 0 Å². The molecule has 0 saturated heterocycles. The number of thiazole rings is 1. The fourth-order valence-corrected chi connectivity index (χ4v) is 1.11. The normalized spacial score (nSPS) is 9.30. The second kappa shape index (κ2) is 3.63. The molecule has 53 valence electrons. The van der Waals surface area contributed by atoms with Crippen molar-refractivity contribution in [3.8, 4) is 0 Å². The van der Waals surface area contributed by atoms with E-state index in [4.69, 9.17) is 12.2 Å². The van der Waals surface area contributed by atoms with Crippen LogP contribution in [0, 0.1) is 0 Å². The van der Waals surface area contributed by atoms with Crippen LogP contribution >= 0.6 is 23.6 Å². The Morgan fingerprint density at radius 3 is 3.20 bits per heavy atom. The van der Waals surface area contributed by atoms with E-state index < -0.39 is 0 Å². The fraction of sp³-hybridized carbons (Fsp3) is 0.333. The lowest BCUT2D eigenvalue weighted by atomic mass is 10.6. The van der Waals surface area contributed by atoms with Gasteiger partial charge in [0.05, 0.1) is 11.5 Å². The van der Waals surface area contributed by atoms with Crippen molar-refractivity contribution in [1.82, 2.24) is 10.3 Å². The monoisotopic (exact) mass is 171 g/mol. The van der Waals surface area contributed by atoms with Gasteiger partial charge >= 0.3 is 0 Å². The summed E-state index contributed by atoms with van der Waals surface area (Å²) in [7, 11) is 0. The molecule has 1 radical (unpaired) electrons. The van der Waals surface area contributed by atoms with Gasteiger partial charge in [-0.2, -0.15) is 0 Å². The highest BCUT2D eigenvalue weighted by Gasteiger charge is 1.94. The van der Waals surface area contributed by atoms with E-state index in [2.05, 4.69) is 10.3 Å². The highest BCUT2D eigenvalue weighted by atomic mass is 32.1. The van der Waals surface area contributed by atoms with Crippen LogP contribution in [-0.4, -0.2) is 9.97 Å². The third kappa shape index (κ3) is 2.41.